The number of ether oxygens (including phenoxy) is 1. The first-order valence-electron chi connectivity index (χ1n) is 9.84. The van der Waals surface area contributed by atoms with Crippen molar-refractivity contribution in [3.63, 3.8) is 0 Å². The molecule has 0 atom stereocenters. The average Bonchev–Trinajstić information content (AvgIpc) is 2.82. The summed E-state index contributed by atoms with van der Waals surface area (Å²) >= 11 is 0. The van der Waals surface area contributed by atoms with Gasteiger partial charge >= 0.3 is 0 Å². The van der Waals surface area contributed by atoms with Crippen LogP contribution >= 0.6 is 0 Å². The van der Waals surface area contributed by atoms with Gasteiger partial charge in [0.15, 0.2) is 17.5 Å². The molecule has 0 saturated carbocycles. The van der Waals surface area contributed by atoms with Crippen molar-refractivity contribution in [2.75, 3.05) is 7.11 Å². The summed E-state index contributed by atoms with van der Waals surface area (Å²) < 4.78 is 61.6. The molecule has 0 fully saturated rings. The quantitative estimate of drug-likeness (QED) is 0.211. The van der Waals surface area contributed by atoms with Crippen molar-refractivity contribution in [2.45, 2.75) is 6.92 Å². The Morgan fingerprint density at radius 3 is 2.06 bits per heavy atom. The molecule has 0 amide bonds. The molecule has 0 saturated heterocycles. The van der Waals surface area contributed by atoms with Crippen LogP contribution in [-0.2, 0) is 4.74 Å². The van der Waals surface area contributed by atoms with Crippen LogP contribution in [0.1, 0.15) is 11.1 Å². The first-order valence-corrected chi connectivity index (χ1v) is 9.84. The minimum absolute atomic E-state index is 0.0373. The average molecular weight is 452 g/mol. The van der Waals surface area contributed by atoms with Gasteiger partial charge in [0.05, 0.1) is 7.11 Å². The first kappa shape index (κ1) is 25.4. The Morgan fingerprint density at radius 1 is 0.818 bits per heavy atom. The zero-order valence-electron chi connectivity index (χ0n) is 18.5. The summed E-state index contributed by atoms with van der Waals surface area (Å²) in [5.74, 6) is -4.93. The van der Waals surface area contributed by atoms with E-state index >= 15 is 0 Å². The van der Waals surface area contributed by atoms with Gasteiger partial charge in [0.2, 0.25) is 5.83 Å². The van der Waals surface area contributed by atoms with Gasteiger partial charge < -0.3 is 4.74 Å². The highest BCUT2D eigenvalue weighted by atomic mass is 19.2. The summed E-state index contributed by atoms with van der Waals surface area (Å²) in [6, 6.07) is 10.1. The summed E-state index contributed by atoms with van der Waals surface area (Å²) in [5.41, 5.74) is 1.97. The number of allylic oxidation sites excluding steroid dienone is 8. The number of hydrogen-bond acceptors (Lipinski definition) is 1. The molecule has 0 aliphatic carbocycles. The molecule has 0 N–H and O–H groups in total. The molecule has 0 aliphatic rings. The van der Waals surface area contributed by atoms with Gasteiger partial charge in [-0.15, -0.1) is 0 Å². The van der Waals surface area contributed by atoms with Crippen molar-refractivity contribution < 1.29 is 22.3 Å². The van der Waals surface area contributed by atoms with E-state index in [0.717, 1.165) is 12.7 Å². The molecule has 2 aromatic carbocycles. The number of rotatable bonds is 9. The molecule has 170 valence electrons. The molecule has 33 heavy (non-hydrogen) atoms. The highest BCUT2D eigenvalue weighted by molar-refractivity contribution is 5.68. The van der Waals surface area contributed by atoms with E-state index in [-0.39, 0.29) is 22.3 Å². The first-order chi connectivity index (χ1) is 15.6. The largest absolute Gasteiger partial charge is 0.494 e. The number of methoxy groups -OCH3 is 1. The number of aryl methyl sites for hydroxylation is 1. The molecule has 0 aliphatic heterocycles. The van der Waals surface area contributed by atoms with Crippen LogP contribution in [0.25, 0.3) is 17.2 Å². The Bertz CT molecular complexity index is 1200. The highest BCUT2D eigenvalue weighted by Gasteiger charge is 2.15. The Labute approximate surface area is 191 Å². The van der Waals surface area contributed by atoms with E-state index in [0.29, 0.717) is 11.1 Å². The lowest BCUT2D eigenvalue weighted by Gasteiger charge is -2.07. The van der Waals surface area contributed by atoms with Crippen molar-refractivity contribution in [2.24, 2.45) is 0 Å². The third-order valence-corrected chi connectivity index (χ3v) is 4.79. The highest BCUT2D eigenvalue weighted by Crippen LogP contribution is 2.28. The molecular formula is C28H24F4O. The number of hydrogen-bond donors (Lipinski definition) is 0. The van der Waals surface area contributed by atoms with E-state index in [9.17, 15) is 17.6 Å². The summed E-state index contributed by atoms with van der Waals surface area (Å²) in [4.78, 5) is 0. The zero-order valence-corrected chi connectivity index (χ0v) is 18.5. The monoisotopic (exact) mass is 452 g/mol. The second-order valence-corrected chi connectivity index (χ2v) is 7.20. The van der Waals surface area contributed by atoms with Gasteiger partial charge in [-0.25, -0.2) is 13.2 Å². The fourth-order valence-electron chi connectivity index (χ4n) is 2.70. The summed E-state index contributed by atoms with van der Waals surface area (Å²) in [5, 5.41) is 0. The van der Waals surface area contributed by atoms with Gasteiger partial charge in [-0.2, -0.15) is 4.39 Å². The molecule has 2 rings (SSSR count). The van der Waals surface area contributed by atoms with Gasteiger partial charge in [0.25, 0.3) is 0 Å². The van der Waals surface area contributed by atoms with E-state index in [1.54, 1.807) is 12.1 Å². The summed E-state index contributed by atoms with van der Waals surface area (Å²) in [7, 11) is 1.16. The third-order valence-electron chi connectivity index (χ3n) is 4.79. The Kier molecular flexibility index (Phi) is 8.57. The fourth-order valence-corrected chi connectivity index (χ4v) is 2.70. The van der Waals surface area contributed by atoms with Gasteiger partial charge in [-0.1, -0.05) is 92.6 Å². The minimum Gasteiger partial charge on any atom is -0.494 e. The van der Waals surface area contributed by atoms with Crippen LogP contribution in [0.2, 0.25) is 0 Å². The molecule has 0 unspecified atom stereocenters. The van der Waals surface area contributed by atoms with Crippen LogP contribution in [0.5, 0.6) is 0 Å². The molecule has 0 heterocycles. The molecule has 0 aromatic heterocycles. The van der Waals surface area contributed by atoms with Crippen molar-refractivity contribution >= 4 is 6.08 Å². The van der Waals surface area contributed by atoms with Gasteiger partial charge in [0, 0.05) is 16.7 Å². The van der Waals surface area contributed by atoms with Crippen LogP contribution in [-0.4, -0.2) is 7.11 Å². The van der Waals surface area contributed by atoms with E-state index in [1.807, 2.05) is 19.1 Å². The van der Waals surface area contributed by atoms with Crippen LogP contribution in [0, 0.1) is 18.6 Å². The van der Waals surface area contributed by atoms with E-state index < -0.39 is 29.0 Å². The SMILES string of the molecule is C=C(/C=C\C(=C)C(=C)/C(F)=C(/F)C(=C)OC)/C=C/c1ccc(-c2ccc(C)cc2)c(F)c1F. The maximum absolute atomic E-state index is 14.6. The molecular weight excluding hydrogens is 428 g/mol. The lowest BCUT2D eigenvalue weighted by atomic mass is 10.0. The van der Waals surface area contributed by atoms with Gasteiger partial charge in [-0.3, -0.25) is 0 Å². The Hall–Kier alpha value is -3.86. The van der Waals surface area contributed by atoms with Crippen molar-refractivity contribution in [3.05, 3.63) is 138 Å². The maximum atomic E-state index is 14.6. The predicted octanol–water partition coefficient (Wildman–Crippen LogP) is 8.49. The normalized spacial score (nSPS) is 12.1. The maximum Gasteiger partial charge on any atom is 0.200 e. The van der Waals surface area contributed by atoms with Crippen molar-refractivity contribution in [1.82, 2.24) is 0 Å². The molecule has 0 bridgehead atoms. The van der Waals surface area contributed by atoms with Gasteiger partial charge in [0.1, 0.15) is 5.76 Å². The summed E-state index contributed by atoms with van der Waals surface area (Å²) in [6.07, 6.45) is 5.64. The van der Waals surface area contributed by atoms with E-state index in [4.69, 9.17) is 0 Å². The predicted molar refractivity (Wildman–Crippen MR) is 128 cm³/mol. The molecule has 0 spiro atoms. The lowest BCUT2D eigenvalue weighted by Crippen LogP contribution is -1.93. The second-order valence-electron chi connectivity index (χ2n) is 7.20. The topological polar surface area (TPSA) is 9.23 Å². The summed E-state index contributed by atoms with van der Waals surface area (Å²) in [6.45, 7) is 16.0. The van der Waals surface area contributed by atoms with E-state index in [1.165, 1.54) is 36.4 Å². The standard InChI is InChI=1S/C28H24F4O/c1-17(7-11-19(3)20(4)25(29)26(30)21(5)33-6)10-14-23-15-16-24(28(32)27(23)31)22-12-8-18(2)9-13-22/h7-16H,1,3-5H2,2,6H3/b11-7-,14-10+,26-25-. The second kappa shape index (κ2) is 11.1. The Balaban J connectivity index is 2.14. The lowest BCUT2D eigenvalue weighted by molar-refractivity contribution is 0.281. The van der Waals surface area contributed by atoms with Crippen LogP contribution in [0.3, 0.4) is 0 Å². The van der Waals surface area contributed by atoms with Crippen LogP contribution < -0.4 is 0 Å². The number of halogens is 4. The van der Waals surface area contributed by atoms with Gasteiger partial charge in [-0.05, 0) is 23.6 Å². The van der Waals surface area contributed by atoms with Crippen molar-refractivity contribution in [1.29, 1.82) is 0 Å². The number of benzene rings is 2. The molecule has 2 aromatic rings. The van der Waals surface area contributed by atoms with E-state index in [2.05, 4.69) is 31.1 Å². The van der Waals surface area contributed by atoms with Crippen LogP contribution in [0.15, 0.2) is 115 Å². The third kappa shape index (κ3) is 6.32. The molecule has 1 nitrogen and oxygen atoms in total. The smallest absolute Gasteiger partial charge is 0.200 e. The molecule has 0 radical (unpaired) electrons. The van der Waals surface area contributed by atoms with Crippen LogP contribution in [0.4, 0.5) is 17.6 Å². The van der Waals surface area contributed by atoms with Crippen molar-refractivity contribution in [3.8, 4) is 11.1 Å². The zero-order chi connectivity index (χ0) is 24.7. The Morgan fingerprint density at radius 2 is 1.45 bits per heavy atom. The minimum atomic E-state index is -1.28. The molecule has 5 heteroatoms. The fraction of sp³-hybridized carbons (Fsp3) is 0.0714.